The van der Waals surface area contributed by atoms with Crippen LogP contribution in [-0.2, 0) is 9.53 Å². The number of hydrogen-bond acceptors (Lipinski definition) is 2. The molecule has 0 radical (unpaired) electrons. The number of methoxy groups -OCH3 is 1. The molecule has 1 unspecified atom stereocenters. The molecule has 0 bridgehead atoms. The Morgan fingerprint density at radius 1 is 1.19 bits per heavy atom. The highest BCUT2D eigenvalue weighted by Crippen LogP contribution is 2.36. The summed E-state index contributed by atoms with van der Waals surface area (Å²) in [4.78, 5) is 11.1. The Kier molecular flexibility index (Phi) is 5.24. The second-order valence-corrected chi connectivity index (χ2v) is 6.62. The Hall–Kier alpha value is -0.790. The van der Waals surface area contributed by atoms with E-state index in [-0.39, 0.29) is 16.8 Å². The molecular weight excluding hydrogens is 200 g/mol. The van der Waals surface area contributed by atoms with Crippen molar-refractivity contribution >= 4 is 5.97 Å². The molecule has 0 saturated heterocycles. The smallest absolute Gasteiger partial charge is 0.330 e. The van der Waals surface area contributed by atoms with Crippen LogP contribution in [0.4, 0.5) is 0 Å². The molecular formula is C14H26O2. The lowest BCUT2D eigenvalue weighted by atomic mass is 9.72. The number of hydrogen-bond donors (Lipinski definition) is 0. The molecule has 1 atom stereocenters. The maximum Gasteiger partial charge on any atom is 0.330 e. The first-order valence-corrected chi connectivity index (χ1v) is 5.82. The van der Waals surface area contributed by atoms with Gasteiger partial charge in [-0.2, -0.15) is 0 Å². The largest absolute Gasteiger partial charge is 0.466 e. The van der Waals surface area contributed by atoms with Crippen molar-refractivity contribution in [1.29, 1.82) is 0 Å². The van der Waals surface area contributed by atoms with E-state index in [1.807, 2.05) is 6.08 Å². The Balaban J connectivity index is 4.71. The fraction of sp³-hybridized carbons (Fsp3) is 0.786. The van der Waals surface area contributed by atoms with Crippen LogP contribution in [-0.4, -0.2) is 13.1 Å². The lowest BCUT2D eigenvalue weighted by molar-refractivity contribution is -0.134. The van der Waals surface area contributed by atoms with Crippen molar-refractivity contribution in [1.82, 2.24) is 0 Å². The van der Waals surface area contributed by atoms with Crippen molar-refractivity contribution in [2.75, 3.05) is 7.11 Å². The molecule has 0 aliphatic carbocycles. The van der Waals surface area contributed by atoms with E-state index in [9.17, 15) is 4.79 Å². The fourth-order valence-electron chi connectivity index (χ4n) is 1.59. The number of carbonyl (C=O) groups is 1. The first-order valence-electron chi connectivity index (χ1n) is 5.82. The van der Waals surface area contributed by atoms with Crippen LogP contribution in [0, 0.1) is 16.7 Å². The van der Waals surface area contributed by atoms with Gasteiger partial charge in [0.15, 0.2) is 0 Å². The molecule has 2 heteroatoms. The minimum atomic E-state index is -0.275. The third-order valence-electron chi connectivity index (χ3n) is 2.61. The van der Waals surface area contributed by atoms with E-state index in [4.69, 9.17) is 0 Å². The topological polar surface area (TPSA) is 26.3 Å². The van der Waals surface area contributed by atoms with Crippen molar-refractivity contribution in [3.8, 4) is 0 Å². The highest BCUT2D eigenvalue weighted by atomic mass is 16.5. The molecule has 0 rings (SSSR count). The first kappa shape index (κ1) is 15.2. The van der Waals surface area contributed by atoms with Gasteiger partial charge in [-0.05, 0) is 23.2 Å². The lowest BCUT2D eigenvalue weighted by Crippen LogP contribution is -2.24. The van der Waals surface area contributed by atoms with Gasteiger partial charge in [0.05, 0.1) is 7.11 Å². The Labute approximate surface area is 100 Å². The summed E-state index contributed by atoms with van der Waals surface area (Å²) in [5.74, 6) is 0.106. The van der Waals surface area contributed by atoms with Gasteiger partial charge < -0.3 is 4.74 Å². The third-order valence-corrected chi connectivity index (χ3v) is 2.61. The molecule has 0 amide bonds. The Morgan fingerprint density at radius 2 is 1.69 bits per heavy atom. The van der Waals surface area contributed by atoms with E-state index in [0.29, 0.717) is 5.92 Å². The molecule has 0 fully saturated rings. The van der Waals surface area contributed by atoms with Gasteiger partial charge >= 0.3 is 5.97 Å². The first-order chi connectivity index (χ1) is 7.06. The van der Waals surface area contributed by atoms with Gasteiger partial charge in [0.1, 0.15) is 0 Å². The number of rotatable bonds is 3. The van der Waals surface area contributed by atoms with Gasteiger partial charge in [0.2, 0.25) is 0 Å². The predicted octanol–water partition coefficient (Wildman–Crippen LogP) is 3.81. The van der Waals surface area contributed by atoms with Crippen LogP contribution >= 0.6 is 0 Å². The van der Waals surface area contributed by atoms with Gasteiger partial charge in [-0.1, -0.05) is 47.6 Å². The summed E-state index contributed by atoms with van der Waals surface area (Å²) in [6.45, 7) is 13.3. The van der Waals surface area contributed by atoms with E-state index in [1.54, 1.807) is 6.08 Å². The monoisotopic (exact) mass is 226 g/mol. The van der Waals surface area contributed by atoms with Crippen molar-refractivity contribution in [2.45, 2.75) is 48.0 Å². The van der Waals surface area contributed by atoms with Gasteiger partial charge in [-0.3, -0.25) is 0 Å². The highest BCUT2D eigenvalue weighted by Gasteiger charge is 2.27. The average molecular weight is 226 g/mol. The van der Waals surface area contributed by atoms with Crippen LogP contribution in [0.2, 0.25) is 0 Å². The van der Waals surface area contributed by atoms with Crippen LogP contribution in [0.5, 0.6) is 0 Å². The van der Waals surface area contributed by atoms with E-state index in [0.717, 1.165) is 6.42 Å². The normalized spacial score (nSPS) is 15.2. The average Bonchev–Trinajstić information content (AvgIpc) is 2.08. The summed E-state index contributed by atoms with van der Waals surface area (Å²) in [5, 5.41) is 0. The molecule has 16 heavy (non-hydrogen) atoms. The second kappa shape index (κ2) is 5.51. The summed E-state index contributed by atoms with van der Waals surface area (Å²) in [5.41, 5.74) is 0.427. The van der Waals surface area contributed by atoms with E-state index in [1.165, 1.54) is 7.11 Å². The van der Waals surface area contributed by atoms with Crippen molar-refractivity contribution in [2.24, 2.45) is 16.7 Å². The molecule has 0 aromatic carbocycles. The van der Waals surface area contributed by atoms with Crippen LogP contribution in [0.25, 0.3) is 0 Å². The molecule has 0 heterocycles. The molecule has 0 aromatic rings. The molecule has 0 aliphatic rings. The maximum atomic E-state index is 11.1. The van der Waals surface area contributed by atoms with Crippen molar-refractivity contribution in [3.63, 3.8) is 0 Å². The summed E-state index contributed by atoms with van der Waals surface area (Å²) in [7, 11) is 1.41. The van der Waals surface area contributed by atoms with E-state index in [2.05, 4.69) is 46.3 Å². The predicted molar refractivity (Wildman–Crippen MR) is 68.2 cm³/mol. The van der Waals surface area contributed by atoms with Crippen LogP contribution in [0.1, 0.15) is 48.0 Å². The third kappa shape index (κ3) is 6.65. The summed E-state index contributed by atoms with van der Waals surface area (Å²) in [6, 6.07) is 0. The zero-order valence-electron chi connectivity index (χ0n) is 11.8. The Morgan fingerprint density at radius 3 is 2.00 bits per heavy atom. The zero-order chi connectivity index (χ0) is 13.0. The number of ether oxygens (including phenoxy) is 1. The molecule has 2 nitrogen and oxygen atoms in total. The van der Waals surface area contributed by atoms with Gasteiger partial charge in [-0.25, -0.2) is 4.79 Å². The summed E-state index contributed by atoms with van der Waals surface area (Å²) < 4.78 is 4.62. The number of esters is 1. The lowest BCUT2D eigenvalue weighted by Gasteiger charge is -2.33. The quantitative estimate of drug-likeness (QED) is 0.540. The molecule has 0 aliphatic heterocycles. The van der Waals surface area contributed by atoms with Crippen molar-refractivity contribution < 1.29 is 9.53 Å². The minimum absolute atomic E-state index is 0.164. The summed E-state index contributed by atoms with van der Waals surface area (Å²) >= 11 is 0. The van der Waals surface area contributed by atoms with Crippen LogP contribution in [0.3, 0.4) is 0 Å². The maximum absolute atomic E-state index is 11.1. The number of carbonyl (C=O) groups excluding carboxylic acids is 1. The molecule has 94 valence electrons. The highest BCUT2D eigenvalue weighted by molar-refractivity contribution is 5.81. The molecule has 0 saturated carbocycles. The zero-order valence-corrected chi connectivity index (χ0v) is 11.8. The second-order valence-electron chi connectivity index (χ2n) is 6.62. The van der Waals surface area contributed by atoms with Gasteiger partial charge in [0, 0.05) is 6.08 Å². The van der Waals surface area contributed by atoms with E-state index >= 15 is 0 Å². The minimum Gasteiger partial charge on any atom is -0.466 e. The van der Waals surface area contributed by atoms with Crippen LogP contribution < -0.4 is 0 Å². The van der Waals surface area contributed by atoms with E-state index < -0.39 is 0 Å². The SMILES string of the molecule is COC(=O)/C=C/C(CC(C)(C)C)C(C)(C)C. The standard InChI is InChI=1S/C14H26O2/c1-13(2,3)10-11(14(4,5)6)8-9-12(15)16-7/h8-9,11H,10H2,1-7H3/b9-8+. The molecule has 0 N–H and O–H groups in total. The Bertz CT molecular complexity index is 251. The summed E-state index contributed by atoms with van der Waals surface area (Å²) in [6.07, 6.45) is 4.59. The van der Waals surface area contributed by atoms with Crippen LogP contribution in [0.15, 0.2) is 12.2 Å². The van der Waals surface area contributed by atoms with Gasteiger partial charge in [0.25, 0.3) is 0 Å². The molecule has 0 spiro atoms. The number of allylic oxidation sites excluding steroid dienone is 1. The molecule has 0 aromatic heterocycles. The van der Waals surface area contributed by atoms with Gasteiger partial charge in [-0.15, -0.1) is 0 Å². The fourth-order valence-corrected chi connectivity index (χ4v) is 1.59. The van der Waals surface area contributed by atoms with Crippen molar-refractivity contribution in [3.05, 3.63) is 12.2 Å².